The first kappa shape index (κ1) is 26.7. The highest BCUT2D eigenvalue weighted by Gasteiger charge is 2.26. The Morgan fingerprint density at radius 1 is 0.971 bits per heavy atom. The van der Waals surface area contributed by atoms with Crippen LogP contribution in [0.2, 0.25) is 0 Å². The number of carbonyl (C=O) groups is 1. The van der Waals surface area contributed by atoms with Gasteiger partial charge in [-0.3, -0.25) is 4.79 Å². The fourth-order valence-electron chi connectivity index (χ4n) is 4.14. The number of aryl methyl sites for hydroxylation is 1. The molecular formula is C28H37N3O3S. The van der Waals surface area contributed by atoms with Crippen molar-refractivity contribution in [2.75, 3.05) is 6.54 Å². The summed E-state index contributed by atoms with van der Waals surface area (Å²) in [6.07, 6.45) is 1.93. The van der Waals surface area contributed by atoms with Gasteiger partial charge in [-0.2, -0.15) is 0 Å². The quantitative estimate of drug-likeness (QED) is 0.373. The highest BCUT2D eigenvalue weighted by Crippen LogP contribution is 2.22. The van der Waals surface area contributed by atoms with Crippen LogP contribution in [0.4, 0.5) is 0 Å². The molecule has 3 rings (SSSR count). The minimum Gasteiger partial charge on any atom is -0.336 e. The van der Waals surface area contributed by atoms with Gasteiger partial charge in [-0.25, -0.2) is 13.4 Å². The van der Waals surface area contributed by atoms with Crippen molar-refractivity contribution in [2.24, 2.45) is 11.8 Å². The lowest BCUT2D eigenvalue weighted by Crippen LogP contribution is -2.35. The highest BCUT2D eigenvalue weighted by molar-refractivity contribution is 7.90. The van der Waals surface area contributed by atoms with E-state index in [1.807, 2.05) is 80.3 Å². The molecule has 35 heavy (non-hydrogen) atoms. The Bertz CT molecular complexity index is 1230. The molecule has 6 nitrogen and oxygen atoms in total. The van der Waals surface area contributed by atoms with Crippen LogP contribution in [-0.4, -0.2) is 35.3 Å². The normalized spacial score (nSPS) is 11.9. The second-order valence-corrected chi connectivity index (χ2v) is 11.9. The summed E-state index contributed by atoms with van der Waals surface area (Å²) in [5.74, 6) is 0.414. The number of hydrogen-bond donors (Lipinski definition) is 0. The minimum atomic E-state index is -3.67. The number of amides is 1. The minimum absolute atomic E-state index is 0.0199. The van der Waals surface area contributed by atoms with Gasteiger partial charge in [0.15, 0.2) is 0 Å². The third-order valence-corrected chi connectivity index (χ3v) is 7.40. The molecule has 0 fully saturated rings. The number of sulfone groups is 1. The van der Waals surface area contributed by atoms with Gasteiger partial charge in [0.2, 0.25) is 20.9 Å². The summed E-state index contributed by atoms with van der Waals surface area (Å²) < 4.78 is 28.7. The lowest BCUT2D eigenvalue weighted by Gasteiger charge is -2.26. The molecule has 3 aromatic rings. The number of imidazole rings is 1. The molecule has 0 spiro atoms. The fraction of sp³-hybridized carbons (Fsp3) is 0.429. The van der Waals surface area contributed by atoms with E-state index in [2.05, 4.69) is 18.8 Å². The van der Waals surface area contributed by atoms with Crippen molar-refractivity contribution in [2.45, 2.75) is 65.0 Å². The molecule has 0 aliphatic rings. The van der Waals surface area contributed by atoms with Gasteiger partial charge in [0, 0.05) is 13.1 Å². The molecule has 2 aromatic carbocycles. The molecule has 1 heterocycles. The summed E-state index contributed by atoms with van der Waals surface area (Å²) in [5.41, 5.74) is 3.41. The van der Waals surface area contributed by atoms with E-state index in [1.54, 1.807) is 10.8 Å². The summed E-state index contributed by atoms with van der Waals surface area (Å²) in [7, 11) is -3.67. The lowest BCUT2D eigenvalue weighted by molar-refractivity contribution is -0.131. The van der Waals surface area contributed by atoms with Crippen LogP contribution in [0, 0.1) is 18.8 Å². The summed E-state index contributed by atoms with van der Waals surface area (Å²) >= 11 is 0. The van der Waals surface area contributed by atoms with Crippen molar-refractivity contribution in [3.63, 3.8) is 0 Å². The summed E-state index contributed by atoms with van der Waals surface area (Å²) in [6, 6.07) is 17.2. The molecule has 188 valence electrons. The largest absolute Gasteiger partial charge is 0.336 e. The molecule has 1 amide bonds. The van der Waals surface area contributed by atoms with Crippen molar-refractivity contribution < 1.29 is 13.2 Å². The predicted molar refractivity (Wildman–Crippen MR) is 140 cm³/mol. The first-order valence-corrected chi connectivity index (χ1v) is 13.9. The molecule has 0 saturated carbocycles. The zero-order chi connectivity index (χ0) is 25.6. The molecule has 0 unspecified atom stereocenters. The van der Waals surface area contributed by atoms with Gasteiger partial charge < -0.3 is 9.47 Å². The first-order chi connectivity index (χ1) is 16.6. The van der Waals surface area contributed by atoms with Crippen LogP contribution in [0.1, 0.15) is 50.1 Å². The van der Waals surface area contributed by atoms with Crippen LogP contribution in [0.3, 0.4) is 0 Å². The van der Waals surface area contributed by atoms with E-state index in [1.165, 1.54) is 0 Å². The zero-order valence-corrected chi connectivity index (χ0v) is 22.3. The Kier molecular flexibility index (Phi) is 8.89. The number of nitrogens with zero attached hydrogens (tertiary/aromatic N) is 3. The number of rotatable bonds is 11. The Morgan fingerprint density at radius 3 is 2.26 bits per heavy atom. The fourth-order valence-corrected chi connectivity index (χ4v) is 5.74. The SMILES string of the molecule is Cc1ccccc1CS(=O)(=O)c1ncc(CN(CC(C)C)C(=O)Cc2ccccc2)n1CC(C)C. The molecule has 0 aliphatic heterocycles. The van der Waals surface area contributed by atoms with Crippen LogP contribution in [0.25, 0.3) is 0 Å². The second kappa shape index (κ2) is 11.7. The second-order valence-electron chi connectivity index (χ2n) is 10.1. The van der Waals surface area contributed by atoms with Crippen molar-refractivity contribution in [1.29, 1.82) is 0 Å². The van der Waals surface area contributed by atoms with Crippen molar-refractivity contribution in [1.82, 2.24) is 14.5 Å². The number of aromatic nitrogens is 2. The molecule has 0 radical (unpaired) electrons. The topological polar surface area (TPSA) is 72.3 Å². The average molecular weight is 496 g/mol. The molecular weight excluding hydrogens is 458 g/mol. The van der Waals surface area contributed by atoms with Gasteiger partial charge in [0.1, 0.15) is 0 Å². The maximum atomic E-state index is 13.4. The van der Waals surface area contributed by atoms with Crippen LogP contribution >= 0.6 is 0 Å². The first-order valence-electron chi connectivity index (χ1n) is 12.2. The highest BCUT2D eigenvalue weighted by atomic mass is 32.2. The Hall–Kier alpha value is -2.93. The summed E-state index contributed by atoms with van der Waals surface area (Å²) in [6.45, 7) is 11.6. The molecule has 7 heteroatoms. The van der Waals surface area contributed by atoms with E-state index >= 15 is 0 Å². The number of hydrogen-bond acceptors (Lipinski definition) is 4. The van der Waals surface area contributed by atoms with Crippen molar-refractivity contribution in [3.8, 4) is 0 Å². The molecule has 0 aliphatic carbocycles. The van der Waals surface area contributed by atoms with Gasteiger partial charge in [0.25, 0.3) is 0 Å². The van der Waals surface area contributed by atoms with Gasteiger partial charge in [-0.15, -0.1) is 0 Å². The van der Waals surface area contributed by atoms with E-state index in [4.69, 9.17) is 0 Å². The zero-order valence-electron chi connectivity index (χ0n) is 21.4. The van der Waals surface area contributed by atoms with Gasteiger partial charge >= 0.3 is 0 Å². The van der Waals surface area contributed by atoms with E-state index in [0.29, 0.717) is 26.1 Å². The molecule has 1 aromatic heterocycles. The standard InChI is InChI=1S/C28H37N3O3S/c1-21(2)17-30(27(32)15-24-12-7-6-8-13-24)19-26-16-29-28(31(26)18-22(3)4)35(33,34)20-25-14-10-9-11-23(25)5/h6-14,16,21-22H,15,17-20H2,1-5H3. The van der Waals surface area contributed by atoms with E-state index in [9.17, 15) is 13.2 Å². The van der Waals surface area contributed by atoms with Crippen molar-refractivity contribution >= 4 is 15.7 Å². The van der Waals surface area contributed by atoms with Crippen LogP contribution in [0.5, 0.6) is 0 Å². The third-order valence-electron chi connectivity index (χ3n) is 5.82. The maximum absolute atomic E-state index is 13.4. The van der Waals surface area contributed by atoms with Crippen LogP contribution < -0.4 is 0 Å². The Balaban J connectivity index is 1.92. The smallest absolute Gasteiger partial charge is 0.228 e. The van der Waals surface area contributed by atoms with Crippen molar-refractivity contribution in [3.05, 3.63) is 83.2 Å². The predicted octanol–water partition coefficient (Wildman–Crippen LogP) is 5.05. The monoisotopic (exact) mass is 495 g/mol. The van der Waals surface area contributed by atoms with Crippen LogP contribution in [-0.2, 0) is 39.9 Å². The van der Waals surface area contributed by atoms with E-state index in [-0.39, 0.29) is 28.7 Å². The number of benzene rings is 2. The molecule has 0 atom stereocenters. The van der Waals surface area contributed by atoms with Gasteiger partial charge in [-0.1, -0.05) is 82.3 Å². The van der Waals surface area contributed by atoms with Gasteiger partial charge in [0.05, 0.1) is 30.6 Å². The number of carbonyl (C=O) groups excluding carboxylic acids is 1. The summed E-state index contributed by atoms with van der Waals surface area (Å²) in [4.78, 5) is 19.4. The van der Waals surface area contributed by atoms with Gasteiger partial charge in [-0.05, 0) is 35.4 Å². The Morgan fingerprint density at radius 2 is 1.63 bits per heavy atom. The van der Waals surface area contributed by atoms with E-state index in [0.717, 1.165) is 22.4 Å². The van der Waals surface area contributed by atoms with Crippen LogP contribution in [0.15, 0.2) is 66.0 Å². The summed E-state index contributed by atoms with van der Waals surface area (Å²) in [5, 5.41) is 0.0736. The molecule has 0 N–H and O–H groups in total. The lowest BCUT2D eigenvalue weighted by atomic mass is 10.1. The maximum Gasteiger partial charge on any atom is 0.228 e. The molecule has 0 bridgehead atoms. The molecule has 0 saturated heterocycles. The average Bonchev–Trinajstić information content (AvgIpc) is 3.17. The third kappa shape index (κ3) is 7.28. The van der Waals surface area contributed by atoms with E-state index < -0.39 is 9.84 Å². The Labute approximate surface area is 209 Å².